The highest BCUT2D eigenvalue weighted by molar-refractivity contribution is 9.10. The number of nitrogens with one attached hydrogen (secondary N) is 1. The predicted octanol–water partition coefficient (Wildman–Crippen LogP) is 3.90. The smallest absolute Gasteiger partial charge is 0.227 e. The highest BCUT2D eigenvalue weighted by atomic mass is 79.9. The zero-order chi connectivity index (χ0) is 13.5. The Labute approximate surface area is 125 Å². The van der Waals surface area contributed by atoms with Crippen molar-refractivity contribution >= 4 is 27.0 Å². The Balaban J connectivity index is 1.90. The lowest BCUT2D eigenvalue weighted by atomic mass is 9.95. The van der Waals surface area contributed by atoms with Crippen LogP contribution in [-0.4, -0.2) is 11.5 Å². The normalized spacial score (nSPS) is 14.4. The average Bonchev–Trinajstić information content (AvgIpc) is 2.89. The third kappa shape index (κ3) is 1.96. The van der Waals surface area contributed by atoms with Gasteiger partial charge in [-0.05, 0) is 48.4 Å². The average molecular weight is 329 g/mol. The molecule has 3 aromatic rings. The zero-order valence-electron chi connectivity index (χ0n) is 10.8. The van der Waals surface area contributed by atoms with Crippen molar-refractivity contribution in [1.29, 1.82) is 0 Å². The van der Waals surface area contributed by atoms with E-state index in [9.17, 15) is 0 Å². The summed E-state index contributed by atoms with van der Waals surface area (Å²) in [5, 5.41) is 3.40. The number of halogens is 1. The monoisotopic (exact) mass is 328 g/mol. The van der Waals surface area contributed by atoms with E-state index in [0.29, 0.717) is 0 Å². The van der Waals surface area contributed by atoms with Crippen molar-refractivity contribution in [1.82, 2.24) is 10.3 Å². The minimum atomic E-state index is 0.719. The fourth-order valence-corrected chi connectivity index (χ4v) is 3.10. The third-order valence-electron chi connectivity index (χ3n) is 3.72. The van der Waals surface area contributed by atoms with Crippen molar-refractivity contribution in [2.75, 3.05) is 6.54 Å². The van der Waals surface area contributed by atoms with Crippen molar-refractivity contribution < 1.29 is 4.42 Å². The molecule has 2 heterocycles. The summed E-state index contributed by atoms with van der Waals surface area (Å²) in [5.41, 5.74) is 5.54. The van der Waals surface area contributed by atoms with Gasteiger partial charge in [0.05, 0.1) is 0 Å². The molecule has 0 bridgehead atoms. The molecule has 0 unspecified atom stereocenters. The third-order valence-corrected chi connectivity index (χ3v) is 4.21. The number of fused-ring (bicyclic) bond motifs is 2. The predicted molar refractivity (Wildman–Crippen MR) is 82.6 cm³/mol. The standard InChI is InChI=1S/C16H13BrN2O/c17-11-4-5-15-14(8-11)19-16(20-15)13-3-1-2-10-9-18-7-6-12(10)13/h1-5,8,18H,6-7,9H2. The van der Waals surface area contributed by atoms with E-state index < -0.39 is 0 Å². The number of oxazole rings is 1. The van der Waals surface area contributed by atoms with E-state index in [0.717, 1.165) is 46.5 Å². The topological polar surface area (TPSA) is 38.1 Å². The maximum absolute atomic E-state index is 5.92. The summed E-state index contributed by atoms with van der Waals surface area (Å²) in [5.74, 6) is 0.719. The Morgan fingerprint density at radius 2 is 2.15 bits per heavy atom. The van der Waals surface area contributed by atoms with Crippen LogP contribution >= 0.6 is 15.9 Å². The van der Waals surface area contributed by atoms with Gasteiger partial charge in [0, 0.05) is 16.6 Å². The number of nitrogens with zero attached hydrogens (tertiary/aromatic N) is 1. The molecule has 2 aromatic carbocycles. The molecule has 100 valence electrons. The molecule has 1 N–H and O–H groups in total. The fraction of sp³-hybridized carbons (Fsp3) is 0.188. The quantitative estimate of drug-likeness (QED) is 0.736. The Bertz CT molecular complexity index is 794. The fourth-order valence-electron chi connectivity index (χ4n) is 2.75. The van der Waals surface area contributed by atoms with Crippen LogP contribution in [0.15, 0.2) is 45.3 Å². The van der Waals surface area contributed by atoms with Crippen molar-refractivity contribution in [2.45, 2.75) is 13.0 Å². The van der Waals surface area contributed by atoms with Crippen LogP contribution in [0.4, 0.5) is 0 Å². The van der Waals surface area contributed by atoms with Gasteiger partial charge < -0.3 is 9.73 Å². The molecule has 0 spiro atoms. The highest BCUT2D eigenvalue weighted by Gasteiger charge is 2.17. The molecule has 4 rings (SSSR count). The van der Waals surface area contributed by atoms with Gasteiger partial charge in [0.15, 0.2) is 5.58 Å². The lowest BCUT2D eigenvalue weighted by Gasteiger charge is -2.18. The highest BCUT2D eigenvalue weighted by Crippen LogP contribution is 2.31. The maximum Gasteiger partial charge on any atom is 0.227 e. The molecular weight excluding hydrogens is 316 g/mol. The first-order valence-electron chi connectivity index (χ1n) is 6.69. The van der Waals surface area contributed by atoms with Crippen LogP contribution in [0.1, 0.15) is 11.1 Å². The van der Waals surface area contributed by atoms with Gasteiger partial charge in [0.1, 0.15) is 5.52 Å². The number of hydrogen-bond acceptors (Lipinski definition) is 3. The first-order valence-corrected chi connectivity index (χ1v) is 7.48. The molecular formula is C16H13BrN2O. The van der Waals surface area contributed by atoms with Gasteiger partial charge in [-0.1, -0.05) is 28.1 Å². The second-order valence-electron chi connectivity index (χ2n) is 5.00. The first-order chi connectivity index (χ1) is 9.81. The Morgan fingerprint density at radius 3 is 3.10 bits per heavy atom. The summed E-state index contributed by atoms with van der Waals surface area (Å²) in [6.07, 6.45) is 1.02. The van der Waals surface area contributed by atoms with Crippen LogP contribution in [-0.2, 0) is 13.0 Å². The first kappa shape index (κ1) is 12.1. The lowest BCUT2D eigenvalue weighted by Crippen LogP contribution is -2.24. The molecule has 20 heavy (non-hydrogen) atoms. The van der Waals surface area contributed by atoms with Crippen LogP contribution in [0.5, 0.6) is 0 Å². The Kier molecular flexibility index (Phi) is 2.86. The zero-order valence-corrected chi connectivity index (χ0v) is 12.4. The van der Waals surface area contributed by atoms with Crippen molar-refractivity contribution in [2.24, 2.45) is 0 Å². The van der Waals surface area contributed by atoms with E-state index >= 15 is 0 Å². The van der Waals surface area contributed by atoms with Gasteiger partial charge in [-0.25, -0.2) is 4.98 Å². The Hall–Kier alpha value is -1.65. The lowest BCUT2D eigenvalue weighted by molar-refractivity contribution is 0.611. The maximum atomic E-state index is 5.92. The van der Waals surface area contributed by atoms with E-state index in [1.54, 1.807) is 0 Å². The summed E-state index contributed by atoms with van der Waals surface area (Å²) in [7, 11) is 0. The molecule has 0 radical (unpaired) electrons. The van der Waals surface area contributed by atoms with Crippen LogP contribution in [0.25, 0.3) is 22.6 Å². The van der Waals surface area contributed by atoms with E-state index in [2.05, 4.69) is 44.4 Å². The van der Waals surface area contributed by atoms with Gasteiger partial charge in [0.25, 0.3) is 0 Å². The second-order valence-corrected chi connectivity index (χ2v) is 5.92. The SMILES string of the molecule is Brc1ccc2oc(-c3cccc4c3CCNC4)nc2c1. The molecule has 0 atom stereocenters. The van der Waals surface area contributed by atoms with Crippen molar-refractivity contribution in [3.05, 3.63) is 52.0 Å². The summed E-state index contributed by atoms with van der Waals surface area (Å²) in [6, 6.07) is 12.3. The van der Waals surface area contributed by atoms with Crippen LogP contribution in [0, 0.1) is 0 Å². The molecule has 0 amide bonds. The summed E-state index contributed by atoms with van der Waals surface area (Å²) in [6.45, 7) is 1.94. The van der Waals surface area contributed by atoms with Gasteiger partial charge in [-0.15, -0.1) is 0 Å². The number of benzene rings is 2. The number of aromatic nitrogens is 1. The Morgan fingerprint density at radius 1 is 1.20 bits per heavy atom. The van der Waals surface area contributed by atoms with Crippen LogP contribution in [0.3, 0.4) is 0 Å². The van der Waals surface area contributed by atoms with Gasteiger partial charge in [0.2, 0.25) is 5.89 Å². The summed E-state index contributed by atoms with van der Waals surface area (Å²) in [4.78, 5) is 4.63. The molecule has 1 aliphatic heterocycles. The molecule has 0 saturated heterocycles. The molecule has 4 heteroatoms. The molecule has 1 aromatic heterocycles. The number of rotatable bonds is 1. The van der Waals surface area contributed by atoms with E-state index in [1.807, 2.05) is 18.2 Å². The minimum absolute atomic E-state index is 0.719. The van der Waals surface area contributed by atoms with Crippen LogP contribution in [0.2, 0.25) is 0 Å². The molecule has 1 aliphatic rings. The van der Waals surface area contributed by atoms with Gasteiger partial charge in [-0.3, -0.25) is 0 Å². The molecule has 0 saturated carbocycles. The summed E-state index contributed by atoms with van der Waals surface area (Å²) >= 11 is 3.47. The molecule has 0 fully saturated rings. The second kappa shape index (κ2) is 4.72. The molecule has 0 aliphatic carbocycles. The number of hydrogen-bond donors (Lipinski definition) is 1. The van der Waals surface area contributed by atoms with Crippen molar-refractivity contribution in [3.8, 4) is 11.5 Å². The summed E-state index contributed by atoms with van der Waals surface area (Å²) < 4.78 is 6.94. The van der Waals surface area contributed by atoms with Gasteiger partial charge >= 0.3 is 0 Å². The van der Waals surface area contributed by atoms with Crippen molar-refractivity contribution in [3.63, 3.8) is 0 Å². The largest absolute Gasteiger partial charge is 0.436 e. The molecule has 3 nitrogen and oxygen atoms in total. The van der Waals surface area contributed by atoms with E-state index in [-0.39, 0.29) is 0 Å². The van der Waals surface area contributed by atoms with Gasteiger partial charge in [-0.2, -0.15) is 0 Å². The minimum Gasteiger partial charge on any atom is -0.436 e. The van der Waals surface area contributed by atoms with Crippen LogP contribution < -0.4 is 5.32 Å². The van der Waals surface area contributed by atoms with E-state index in [4.69, 9.17) is 4.42 Å². The van der Waals surface area contributed by atoms with E-state index in [1.165, 1.54) is 11.1 Å².